The summed E-state index contributed by atoms with van der Waals surface area (Å²) in [5.41, 5.74) is 5.66. The van der Waals surface area contributed by atoms with Gasteiger partial charge in [-0.3, -0.25) is 14.7 Å². The Labute approximate surface area is 260 Å². The molecule has 4 N–H and O–H groups in total. The number of ether oxygens (including phenoxy) is 2. The van der Waals surface area contributed by atoms with Gasteiger partial charge in [0.25, 0.3) is 0 Å². The average molecular weight is 617 g/mol. The third kappa shape index (κ3) is 8.32. The van der Waals surface area contributed by atoms with Crippen LogP contribution in [0.5, 0.6) is 0 Å². The first-order valence-electron chi connectivity index (χ1n) is 14.6. The van der Waals surface area contributed by atoms with Gasteiger partial charge < -0.3 is 25.0 Å². The third-order valence-corrected chi connectivity index (χ3v) is 8.57. The fraction of sp³-hybridized carbons (Fsp3) is 0.333. The van der Waals surface area contributed by atoms with Gasteiger partial charge >= 0.3 is 5.97 Å². The summed E-state index contributed by atoms with van der Waals surface area (Å²) in [7, 11) is 0. The van der Waals surface area contributed by atoms with Gasteiger partial charge in [0, 0.05) is 36.6 Å². The molecule has 2 heterocycles. The zero-order valence-corrected chi connectivity index (χ0v) is 25.2. The summed E-state index contributed by atoms with van der Waals surface area (Å²) in [4.78, 5) is 27.1. The second kappa shape index (κ2) is 15.1. The maximum Gasteiger partial charge on any atom is 0.303 e. The quantitative estimate of drug-likeness (QED) is 0.145. The van der Waals surface area contributed by atoms with Gasteiger partial charge in [-0.1, -0.05) is 79.3 Å². The van der Waals surface area contributed by atoms with Crippen LogP contribution in [0.25, 0.3) is 11.1 Å². The molecule has 0 unspecified atom stereocenters. The zero-order valence-electron chi connectivity index (χ0n) is 24.4. The Morgan fingerprint density at radius 3 is 2.45 bits per heavy atom. The lowest BCUT2D eigenvalue weighted by Gasteiger charge is -2.41. The number of rotatable bonds is 13. The highest BCUT2D eigenvalue weighted by Gasteiger charge is 2.38. The number of aliphatic hydroxyl groups is 1. The van der Waals surface area contributed by atoms with Crippen molar-refractivity contribution in [1.82, 2.24) is 20.5 Å². The van der Waals surface area contributed by atoms with E-state index in [-0.39, 0.29) is 43.5 Å². The van der Waals surface area contributed by atoms with Crippen LogP contribution in [0.3, 0.4) is 0 Å². The smallest absolute Gasteiger partial charge is 0.303 e. The van der Waals surface area contributed by atoms with Crippen LogP contribution in [0.15, 0.2) is 84.3 Å². The highest BCUT2D eigenvalue weighted by Crippen LogP contribution is 2.43. The zero-order chi connectivity index (χ0) is 30.9. The normalized spacial score (nSPS) is 19.9. The van der Waals surface area contributed by atoms with Crippen molar-refractivity contribution >= 4 is 23.6 Å². The molecular formula is C33H36N4O6S. The Bertz CT molecular complexity index is 1530. The molecule has 0 saturated carbocycles. The Balaban J connectivity index is 1.32. The first-order chi connectivity index (χ1) is 21.4. The molecular weight excluding hydrogens is 580 g/mol. The molecule has 1 amide bonds. The number of carboxylic acid groups (broad SMARTS) is 1. The molecule has 1 aliphatic rings. The van der Waals surface area contributed by atoms with Crippen LogP contribution in [-0.2, 0) is 32.2 Å². The van der Waals surface area contributed by atoms with E-state index in [4.69, 9.17) is 14.6 Å². The van der Waals surface area contributed by atoms with Gasteiger partial charge in [-0.15, -0.1) is 0 Å². The van der Waals surface area contributed by atoms with E-state index >= 15 is 0 Å². The van der Waals surface area contributed by atoms with Crippen molar-refractivity contribution in [3.05, 3.63) is 101 Å². The Kier molecular flexibility index (Phi) is 10.8. The van der Waals surface area contributed by atoms with Crippen LogP contribution in [-0.4, -0.2) is 49.1 Å². The van der Waals surface area contributed by atoms with Crippen molar-refractivity contribution in [3.8, 4) is 11.1 Å². The highest BCUT2D eigenvalue weighted by atomic mass is 32.2. The second-order valence-corrected chi connectivity index (χ2v) is 11.8. The lowest BCUT2D eigenvalue weighted by atomic mass is 9.91. The average Bonchev–Trinajstić information content (AvgIpc) is 3.57. The molecule has 4 aromatic rings. The minimum Gasteiger partial charge on any atom is -0.481 e. The fourth-order valence-corrected chi connectivity index (χ4v) is 6.09. The number of hydrogen-bond acceptors (Lipinski definition) is 8. The number of amides is 1. The van der Waals surface area contributed by atoms with Crippen molar-refractivity contribution in [1.29, 1.82) is 0 Å². The first-order valence-corrected chi connectivity index (χ1v) is 15.5. The summed E-state index contributed by atoms with van der Waals surface area (Å²) in [6, 6.07) is 23.9. The summed E-state index contributed by atoms with van der Waals surface area (Å²) in [5, 5.41) is 28.7. The fourth-order valence-electron chi connectivity index (χ4n) is 5.15. The van der Waals surface area contributed by atoms with Crippen LogP contribution >= 0.6 is 11.8 Å². The lowest BCUT2D eigenvalue weighted by Crippen LogP contribution is -2.38. The molecule has 3 aromatic carbocycles. The van der Waals surface area contributed by atoms with Crippen LogP contribution in [0, 0.1) is 5.92 Å². The van der Waals surface area contributed by atoms with Crippen LogP contribution in [0.1, 0.15) is 60.8 Å². The number of hydrogen-bond donors (Lipinski definition) is 4. The lowest BCUT2D eigenvalue weighted by molar-refractivity contribution is -0.268. The van der Waals surface area contributed by atoms with E-state index in [1.807, 2.05) is 66.7 Å². The number of aliphatic carboxylic acids is 1. The van der Waals surface area contributed by atoms with Gasteiger partial charge in [0.15, 0.2) is 11.4 Å². The predicted octanol–water partition coefficient (Wildman–Crippen LogP) is 5.42. The maximum atomic E-state index is 12.1. The summed E-state index contributed by atoms with van der Waals surface area (Å²) < 4.78 is 13.2. The van der Waals surface area contributed by atoms with E-state index in [0.29, 0.717) is 18.7 Å². The molecule has 1 fully saturated rings. The number of nitrogens with one attached hydrogen (secondary N) is 2. The molecule has 0 aliphatic carbocycles. The van der Waals surface area contributed by atoms with Gasteiger partial charge in [-0.05, 0) is 46.4 Å². The number of carboxylic acids is 1. The number of aromatic nitrogens is 3. The van der Waals surface area contributed by atoms with Crippen molar-refractivity contribution in [3.63, 3.8) is 0 Å². The minimum absolute atomic E-state index is 0.0172. The van der Waals surface area contributed by atoms with Crippen molar-refractivity contribution in [2.45, 2.75) is 63.0 Å². The van der Waals surface area contributed by atoms with Gasteiger partial charge in [0.05, 0.1) is 18.8 Å². The van der Waals surface area contributed by atoms with Crippen molar-refractivity contribution in [2.24, 2.45) is 5.92 Å². The molecule has 1 aromatic heterocycles. The van der Waals surface area contributed by atoms with Gasteiger partial charge in [0.2, 0.25) is 5.91 Å². The van der Waals surface area contributed by atoms with Crippen LogP contribution < -0.4 is 5.32 Å². The van der Waals surface area contributed by atoms with Gasteiger partial charge in [-0.25, -0.2) is 4.98 Å². The molecule has 44 heavy (non-hydrogen) atoms. The molecule has 230 valence electrons. The second-order valence-electron chi connectivity index (χ2n) is 10.8. The molecule has 0 spiro atoms. The number of aliphatic hydroxyl groups excluding tert-OH is 1. The number of thioether (sulfide) groups is 1. The molecule has 10 nitrogen and oxygen atoms in total. The van der Waals surface area contributed by atoms with Crippen molar-refractivity contribution in [2.75, 3.05) is 5.75 Å². The van der Waals surface area contributed by atoms with E-state index < -0.39 is 12.3 Å². The minimum atomic E-state index is -0.903. The number of carbonyl (C=O) groups excluding carboxylic acids is 1. The summed E-state index contributed by atoms with van der Waals surface area (Å²) in [6.45, 7) is 2.46. The predicted molar refractivity (Wildman–Crippen MR) is 165 cm³/mol. The first kappa shape index (κ1) is 31.4. The third-order valence-electron chi connectivity index (χ3n) is 7.60. The molecule has 11 heteroatoms. The van der Waals surface area contributed by atoms with E-state index in [0.717, 1.165) is 38.5 Å². The van der Waals surface area contributed by atoms with E-state index in [9.17, 15) is 14.7 Å². The number of aromatic amines is 1. The number of carbonyl (C=O) groups is 2. The summed E-state index contributed by atoms with van der Waals surface area (Å²) in [6.07, 6.45) is 0.977. The Morgan fingerprint density at radius 1 is 0.955 bits per heavy atom. The molecule has 1 aliphatic heterocycles. The van der Waals surface area contributed by atoms with Crippen LogP contribution in [0.2, 0.25) is 0 Å². The Hall–Kier alpha value is -4.03. The highest BCUT2D eigenvalue weighted by molar-refractivity contribution is 7.99. The van der Waals surface area contributed by atoms with Gasteiger partial charge in [-0.2, -0.15) is 5.10 Å². The maximum absolute atomic E-state index is 12.1. The van der Waals surface area contributed by atoms with Gasteiger partial charge in [0.1, 0.15) is 6.33 Å². The number of H-pyrrole nitrogens is 1. The number of nitrogens with zero attached hydrogens (tertiary/aromatic N) is 2. The summed E-state index contributed by atoms with van der Waals surface area (Å²) in [5.74, 6) is -0.373. The van der Waals surface area contributed by atoms with E-state index in [2.05, 4.69) is 33.5 Å². The SMILES string of the molecule is C[C@@H]1[C@H](CSc2ncn[nH]2)O[C@H](c2cccc(-c3cccc(CNC(=O)CCCC(=O)O)c3)c2)O[C@@H]1c1ccc(CO)cc1. The largest absolute Gasteiger partial charge is 0.481 e. The Morgan fingerprint density at radius 2 is 1.73 bits per heavy atom. The molecule has 4 atom stereocenters. The number of benzene rings is 3. The molecule has 5 rings (SSSR count). The molecule has 0 radical (unpaired) electrons. The molecule has 1 saturated heterocycles. The standard InChI is InChI=1S/C33H36N4O6S/c1-21-28(19-44-33-35-20-36-37-33)42-32(43-31(21)24-13-11-22(18-38)12-14-24)27-8-3-7-26(16-27)25-6-2-5-23(15-25)17-34-29(39)9-4-10-30(40)41/h2-3,5-8,11-16,20-21,28,31-32,38H,4,9-10,17-19H2,1H3,(H,34,39)(H,40,41)(H,35,36,37)/t21-,28+,31+,32+/m1/s1. The van der Waals surface area contributed by atoms with E-state index in [1.54, 1.807) is 11.8 Å². The van der Waals surface area contributed by atoms with Crippen LogP contribution in [0.4, 0.5) is 0 Å². The topological polar surface area (TPSA) is 147 Å². The van der Waals surface area contributed by atoms with E-state index in [1.165, 1.54) is 6.33 Å². The monoisotopic (exact) mass is 616 g/mol. The summed E-state index contributed by atoms with van der Waals surface area (Å²) >= 11 is 1.55. The molecule has 0 bridgehead atoms. The van der Waals surface area contributed by atoms with Crippen molar-refractivity contribution < 1.29 is 29.3 Å².